The van der Waals surface area contributed by atoms with Crippen molar-refractivity contribution in [3.8, 4) is 5.88 Å². The Balaban J connectivity index is 1.92. The Bertz CT molecular complexity index is 644. The van der Waals surface area contributed by atoms with Gasteiger partial charge in [-0.25, -0.2) is 0 Å². The van der Waals surface area contributed by atoms with Crippen LogP contribution in [0.25, 0.3) is 10.9 Å². The number of guanidine groups is 1. The predicted molar refractivity (Wildman–Crippen MR) is 74.0 cm³/mol. The molecule has 1 aromatic carbocycles. The monoisotopic (exact) mass is 257 g/mol. The quantitative estimate of drug-likeness (QED) is 0.686. The van der Waals surface area contributed by atoms with E-state index in [2.05, 4.69) is 25.5 Å². The van der Waals surface area contributed by atoms with Crippen LogP contribution in [0, 0.1) is 0 Å². The summed E-state index contributed by atoms with van der Waals surface area (Å²) in [6, 6.07) is 7.57. The number of azo groups is 1. The van der Waals surface area contributed by atoms with E-state index in [0.717, 1.165) is 36.8 Å². The smallest absolute Gasteiger partial charge is 0.238 e. The van der Waals surface area contributed by atoms with Crippen LogP contribution < -0.4 is 5.32 Å². The molecule has 6 nitrogen and oxygen atoms in total. The van der Waals surface area contributed by atoms with E-state index >= 15 is 0 Å². The maximum absolute atomic E-state index is 9.85. The molecule has 19 heavy (non-hydrogen) atoms. The van der Waals surface area contributed by atoms with Crippen LogP contribution in [0.2, 0.25) is 0 Å². The molecule has 0 radical (unpaired) electrons. The Morgan fingerprint density at radius 3 is 3.00 bits per heavy atom. The van der Waals surface area contributed by atoms with E-state index in [-0.39, 0.29) is 5.88 Å². The first kappa shape index (κ1) is 11.7. The third-order valence-corrected chi connectivity index (χ3v) is 3.03. The average Bonchev–Trinajstić information content (AvgIpc) is 2.61. The molecule has 1 aliphatic rings. The van der Waals surface area contributed by atoms with Gasteiger partial charge < -0.3 is 15.4 Å². The molecular weight excluding hydrogens is 242 g/mol. The van der Waals surface area contributed by atoms with Gasteiger partial charge in [-0.3, -0.25) is 4.99 Å². The zero-order chi connectivity index (χ0) is 13.1. The van der Waals surface area contributed by atoms with Crippen molar-refractivity contribution >= 4 is 22.5 Å². The molecule has 0 atom stereocenters. The van der Waals surface area contributed by atoms with Gasteiger partial charge in [0.2, 0.25) is 11.8 Å². The Hall–Kier alpha value is -2.37. The molecular formula is C13H15N5O. The van der Waals surface area contributed by atoms with Gasteiger partial charge in [0.05, 0.1) is 5.52 Å². The average molecular weight is 257 g/mol. The number of nitrogens with zero attached hydrogens (tertiary/aromatic N) is 3. The summed E-state index contributed by atoms with van der Waals surface area (Å²) in [5, 5.41) is 22.0. The number of benzene rings is 1. The van der Waals surface area contributed by atoms with Gasteiger partial charge >= 0.3 is 0 Å². The second-order valence-corrected chi connectivity index (χ2v) is 4.41. The SMILES string of the molecule is Oc1[nH]c2ccccc2c1/N=N/C1=NCCCCN1. The van der Waals surface area contributed by atoms with Crippen molar-refractivity contribution in [2.24, 2.45) is 15.2 Å². The zero-order valence-corrected chi connectivity index (χ0v) is 10.4. The van der Waals surface area contributed by atoms with Crippen molar-refractivity contribution < 1.29 is 5.11 Å². The standard InChI is InChI=1S/C13H15N5O/c19-12-11(9-5-1-2-6-10(9)16-12)17-18-13-14-7-3-4-8-15-13/h1-2,5-6,16,19H,3-4,7-8H2,(H,14,15)/b18-17+. The van der Waals surface area contributed by atoms with Crippen LogP contribution in [0.3, 0.4) is 0 Å². The summed E-state index contributed by atoms with van der Waals surface area (Å²) in [5.74, 6) is 0.557. The molecule has 0 bridgehead atoms. The fraction of sp³-hybridized carbons (Fsp3) is 0.308. The highest BCUT2D eigenvalue weighted by Gasteiger charge is 2.10. The lowest BCUT2D eigenvalue weighted by atomic mass is 10.2. The van der Waals surface area contributed by atoms with Gasteiger partial charge in [-0.1, -0.05) is 18.2 Å². The number of aromatic nitrogens is 1. The molecule has 3 rings (SSSR count). The number of aromatic hydroxyl groups is 1. The topological polar surface area (TPSA) is 85.1 Å². The minimum absolute atomic E-state index is 0.0270. The number of nitrogens with one attached hydrogen (secondary N) is 2. The highest BCUT2D eigenvalue weighted by Crippen LogP contribution is 2.35. The number of aliphatic imine (C=N–C) groups is 1. The maximum atomic E-state index is 9.85. The molecule has 3 N–H and O–H groups in total. The summed E-state index contributed by atoms with van der Waals surface area (Å²) in [5.41, 5.74) is 1.29. The number of H-pyrrole nitrogens is 1. The van der Waals surface area contributed by atoms with Crippen molar-refractivity contribution in [1.29, 1.82) is 0 Å². The Morgan fingerprint density at radius 2 is 2.05 bits per heavy atom. The molecule has 0 amide bonds. The van der Waals surface area contributed by atoms with E-state index < -0.39 is 0 Å². The predicted octanol–water partition coefficient (Wildman–Crippen LogP) is 2.70. The lowest BCUT2D eigenvalue weighted by Gasteiger charge is -1.98. The van der Waals surface area contributed by atoms with Crippen LogP contribution in [0.1, 0.15) is 12.8 Å². The highest BCUT2D eigenvalue weighted by molar-refractivity contribution is 5.94. The van der Waals surface area contributed by atoms with Crippen LogP contribution in [0.15, 0.2) is 39.5 Å². The Kier molecular flexibility index (Phi) is 3.14. The van der Waals surface area contributed by atoms with Gasteiger partial charge in [-0.15, -0.1) is 10.2 Å². The number of rotatable bonds is 1. The van der Waals surface area contributed by atoms with E-state index in [1.165, 1.54) is 0 Å². The highest BCUT2D eigenvalue weighted by atomic mass is 16.3. The second-order valence-electron chi connectivity index (χ2n) is 4.41. The van der Waals surface area contributed by atoms with Crippen LogP contribution >= 0.6 is 0 Å². The fourth-order valence-electron chi connectivity index (χ4n) is 2.06. The normalized spacial score (nSPS) is 16.3. The summed E-state index contributed by atoms with van der Waals surface area (Å²) in [4.78, 5) is 7.15. The van der Waals surface area contributed by atoms with Gasteiger partial charge in [0.1, 0.15) is 0 Å². The van der Waals surface area contributed by atoms with E-state index in [4.69, 9.17) is 0 Å². The molecule has 2 aromatic rings. The van der Waals surface area contributed by atoms with E-state index in [0.29, 0.717) is 11.6 Å². The number of aromatic amines is 1. The third kappa shape index (κ3) is 2.42. The molecule has 0 fully saturated rings. The van der Waals surface area contributed by atoms with Gasteiger partial charge in [0.25, 0.3) is 0 Å². The molecule has 1 aromatic heterocycles. The summed E-state index contributed by atoms with van der Waals surface area (Å²) in [6.07, 6.45) is 2.14. The van der Waals surface area contributed by atoms with Gasteiger partial charge in [0, 0.05) is 18.5 Å². The molecule has 0 spiro atoms. The van der Waals surface area contributed by atoms with Gasteiger partial charge in [0.15, 0.2) is 5.69 Å². The molecule has 2 heterocycles. The van der Waals surface area contributed by atoms with Crippen LogP contribution in [0.5, 0.6) is 5.88 Å². The molecule has 6 heteroatoms. The number of para-hydroxylation sites is 1. The third-order valence-electron chi connectivity index (χ3n) is 3.03. The number of fused-ring (bicyclic) bond motifs is 1. The van der Waals surface area contributed by atoms with Gasteiger partial charge in [-0.05, 0) is 18.9 Å². The summed E-state index contributed by atoms with van der Waals surface area (Å²) in [6.45, 7) is 1.62. The lowest BCUT2D eigenvalue weighted by molar-refractivity contribution is 0.459. The first-order chi connectivity index (χ1) is 9.34. The first-order valence-electron chi connectivity index (χ1n) is 6.34. The largest absolute Gasteiger partial charge is 0.493 e. The van der Waals surface area contributed by atoms with Crippen molar-refractivity contribution in [3.63, 3.8) is 0 Å². The number of hydrogen-bond acceptors (Lipinski definition) is 5. The van der Waals surface area contributed by atoms with Crippen LogP contribution in [-0.4, -0.2) is 29.1 Å². The minimum Gasteiger partial charge on any atom is -0.493 e. The molecule has 98 valence electrons. The fourth-order valence-corrected chi connectivity index (χ4v) is 2.06. The van der Waals surface area contributed by atoms with Crippen LogP contribution in [0.4, 0.5) is 5.69 Å². The molecule has 0 saturated carbocycles. The number of hydrogen-bond donors (Lipinski definition) is 3. The lowest BCUT2D eigenvalue weighted by Crippen LogP contribution is -2.20. The van der Waals surface area contributed by atoms with E-state index in [9.17, 15) is 5.11 Å². The molecule has 0 unspecified atom stereocenters. The Morgan fingerprint density at radius 1 is 1.16 bits per heavy atom. The molecule has 1 aliphatic heterocycles. The van der Waals surface area contributed by atoms with E-state index in [1.54, 1.807) is 0 Å². The zero-order valence-electron chi connectivity index (χ0n) is 10.4. The van der Waals surface area contributed by atoms with E-state index in [1.807, 2.05) is 24.3 Å². The Labute approximate surface area is 110 Å². The van der Waals surface area contributed by atoms with Crippen molar-refractivity contribution in [1.82, 2.24) is 10.3 Å². The minimum atomic E-state index is 0.0270. The van der Waals surface area contributed by atoms with Crippen molar-refractivity contribution in [2.75, 3.05) is 13.1 Å². The first-order valence-corrected chi connectivity index (χ1v) is 6.34. The van der Waals surface area contributed by atoms with Gasteiger partial charge in [-0.2, -0.15) is 0 Å². The summed E-state index contributed by atoms with van der Waals surface area (Å²) >= 11 is 0. The summed E-state index contributed by atoms with van der Waals surface area (Å²) in [7, 11) is 0. The molecule has 0 aliphatic carbocycles. The maximum Gasteiger partial charge on any atom is 0.238 e. The van der Waals surface area contributed by atoms with Crippen LogP contribution in [-0.2, 0) is 0 Å². The summed E-state index contributed by atoms with van der Waals surface area (Å²) < 4.78 is 0. The van der Waals surface area contributed by atoms with Crippen molar-refractivity contribution in [2.45, 2.75) is 12.8 Å². The second kappa shape index (κ2) is 5.09. The molecule has 0 saturated heterocycles. The van der Waals surface area contributed by atoms with Crippen molar-refractivity contribution in [3.05, 3.63) is 24.3 Å².